The third-order valence-corrected chi connectivity index (χ3v) is 4.80. The molecule has 0 aliphatic heterocycles. The quantitative estimate of drug-likeness (QED) is 0.332. The predicted octanol–water partition coefficient (Wildman–Crippen LogP) is 6.97. The molecular weight excluding hydrogens is 311 g/mol. The van der Waals surface area contributed by atoms with Gasteiger partial charge >= 0.3 is 0 Å². The molecule has 0 atom stereocenters. The molecule has 0 aromatic heterocycles. The lowest BCUT2D eigenvalue weighted by atomic mass is 9.95. The van der Waals surface area contributed by atoms with Crippen LogP contribution in [0.15, 0.2) is 72.8 Å². The van der Waals surface area contributed by atoms with Crippen molar-refractivity contribution in [3.05, 3.63) is 82.8 Å². The van der Waals surface area contributed by atoms with Crippen molar-refractivity contribution in [1.82, 2.24) is 0 Å². The summed E-state index contributed by atoms with van der Waals surface area (Å²) in [5, 5.41) is 5.50. The molecule has 0 saturated carbocycles. The van der Waals surface area contributed by atoms with Crippen LogP contribution in [-0.2, 0) is 0 Å². The minimum atomic E-state index is 0.757. The zero-order valence-corrected chi connectivity index (χ0v) is 13.2. The maximum absolute atomic E-state index is 6.74. The van der Waals surface area contributed by atoms with Crippen LogP contribution in [0, 0.1) is 0 Å². The van der Waals surface area contributed by atoms with Crippen molar-refractivity contribution in [3.63, 3.8) is 0 Å². The van der Waals surface area contributed by atoms with E-state index in [4.69, 9.17) is 23.2 Å². The van der Waals surface area contributed by atoms with E-state index < -0.39 is 0 Å². The van der Waals surface area contributed by atoms with Gasteiger partial charge in [-0.25, -0.2) is 0 Å². The van der Waals surface area contributed by atoms with Gasteiger partial charge in [0.15, 0.2) is 0 Å². The van der Waals surface area contributed by atoms with E-state index in [0.717, 1.165) is 42.7 Å². The van der Waals surface area contributed by atoms with Crippen molar-refractivity contribution in [1.29, 1.82) is 0 Å². The van der Waals surface area contributed by atoms with Crippen LogP contribution in [0.4, 0.5) is 0 Å². The highest BCUT2D eigenvalue weighted by molar-refractivity contribution is 6.48. The Kier molecular flexibility index (Phi) is 3.29. The highest BCUT2D eigenvalue weighted by Gasteiger charge is 2.14. The molecule has 0 N–H and O–H groups in total. The molecule has 22 heavy (non-hydrogen) atoms. The molecule has 0 aliphatic rings. The van der Waals surface area contributed by atoms with E-state index in [-0.39, 0.29) is 0 Å². The second-order valence-electron chi connectivity index (χ2n) is 5.27. The molecule has 4 aromatic rings. The van der Waals surface area contributed by atoms with E-state index in [1.54, 1.807) is 0 Å². The van der Waals surface area contributed by atoms with Crippen LogP contribution in [0.2, 0.25) is 10.0 Å². The smallest absolute Gasteiger partial charge is 0.0570 e. The summed E-state index contributed by atoms with van der Waals surface area (Å²) in [6.07, 6.45) is 0. The maximum Gasteiger partial charge on any atom is 0.0570 e. The van der Waals surface area contributed by atoms with E-state index in [1.807, 2.05) is 54.6 Å². The standard InChI is InChI=1S/C20H12Cl2/c21-19-15-9-4-5-10-16(15)20(22)18-14(11-6-12-17(18)19)13-7-2-1-3-8-13/h1-12H. The monoisotopic (exact) mass is 322 g/mol. The van der Waals surface area contributed by atoms with E-state index in [1.165, 1.54) is 0 Å². The number of halogens is 2. The minimum absolute atomic E-state index is 0.757. The molecule has 0 amide bonds. The average Bonchev–Trinajstić information content (AvgIpc) is 2.60. The molecule has 0 bridgehead atoms. The Hall–Kier alpha value is -2.02. The zero-order chi connectivity index (χ0) is 15.1. The van der Waals surface area contributed by atoms with Crippen molar-refractivity contribution in [3.8, 4) is 11.1 Å². The van der Waals surface area contributed by atoms with Crippen LogP contribution in [0.3, 0.4) is 0 Å². The zero-order valence-electron chi connectivity index (χ0n) is 11.7. The fraction of sp³-hybridized carbons (Fsp3) is 0. The summed E-state index contributed by atoms with van der Waals surface area (Å²) in [5.41, 5.74) is 2.25. The van der Waals surface area contributed by atoms with Gasteiger partial charge in [-0.1, -0.05) is 96.0 Å². The fourth-order valence-electron chi connectivity index (χ4n) is 2.98. The first-order chi connectivity index (χ1) is 10.8. The first kappa shape index (κ1) is 13.6. The van der Waals surface area contributed by atoms with E-state index in [2.05, 4.69) is 18.2 Å². The van der Waals surface area contributed by atoms with Crippen molar-refractivity contribution >= 4 is 44.7 Å². The average molecular weight is 323 g/mol. The number of benzene rings is 4. The minimum Gasteiger partial charge on any atom is -0.0830 e. The van der Waals surface area contributed by atoms with Crippen LogP contribution >= 0.6 is 23.2 Å². The number of fused-ring (bicyclic) bond motifs is 2. The summed E-state index contributed by atoms with van der Waals surface area (Å²) in [7, 11) is 0. The molecule has 0 saturated heterocycles. The maximum atomic E-state index is 6.74. The Balaban J connectivity index is 2.22. The summed E-state index contributed by atoms with van der Waals surface area (Å²) in [4.78, 5) is 0. The van der Waals surface area contributed by atoms with Gasteiger partial charge in [0.2, 0.25) is 0 Å². The van der Waals surface area contributed by atoms with Gasteiger partial charge in [-0.2, -0.15) is 0 Å². The summed E-state index contributed by atoms with van der Waals surface area (Å²) < 4.78 is 0. The Bertz CT molecular complexity index is 989. The topological polar surface area (TPSA) is 0 Å². The highest BCUT2D eigenvalue weighted by Crippen LogP contribution is 2.42. The fourth-order valence-corrected chi connectivity index (χ4v) is 3.67. The van der Waals surface area contributed by atoms with Crippen molar-refractivity contribution in [2.75, 3.05) is 0 Å². The number of hydrogen-bond acceptors (Lipinski definition) is 0. The second-order valence-corrected chi connectivity index (χ2v) is 6.02. The summed E-state index contributed by atoms with van der Waals surface area (Å²) >= 11 is 13.4. The van der Waals surface area contributed by atoms with E-state index >= 15 is 0 Å². The largest absolute Gasteiger partial charge is 0.0830 e. The molecule has 4 aromatic carbocycles. The highest BCUT2D eigenvalue weighted by atomic mass is 35.5. The molecule has 0 aliphatic carbocycles. The number of hydrogen-bond donors (Lipinski definition) is 0. The van der Waals surface area contributed by atoms with Gasteiger partial charge in [0.25, 0.3) is 0 Å². The van der Waals surface area contributed by atoms with Crippen molar-refractivity contribution in [2.24, 2.45) is 0 Å². The third-order valence-electron chi connectivity index (χ3n) is 4.01. The molecule has 4 rings (SSSR count). The first-order valence-corrected chi connectivity index (χ1v) is 7.87. The molecular formula is C20H12Cl2. The van der Waals surface area contributed by atoms with Crippen LogP contribution in [0.5, 0.6) is 0 Å². The molecule has 0 spiro atoms. The predicted molar refractivity (Wildman–Crippen MR) is 96.9 cm³/mol. The van der Waals surface area contributed by atoms with Crippen LogP contribution in [-0.4, -0.2) is 0 Å². The molecule has 0 heterocycles. The lowest BCUT2D eigenvalue weighted by Gasteiger charge is -2.13. The van der Waals surface area contributed by atoms with Gasteiger partial charge in [-0.15, -0.1) is 0 Å². The van der Waals surface area contributed by atoms with Crippen molar-refractivity contribution < 1.29 is 0 Å². The van der Waals surface area contributed by atoms with Crippen LogP contribution in [0.1, 0.15) is 0 Å². The Labute approximate surface area is 138 Å². The molecule has 0 unspecified atom stereocenters. The molecule has 0 radical (unpaired) electrons. The molecule has 0 fully saturated rings. The Morgan fingerprint density at radius 3 is 1.82 bits per heavy atom. The normalized spacial score (nSPS) is 11.2. The lowest BCUT2D eigenvalue weighted by Crippen LogP contribution is -1.86. The van der Waals surface area contributed by atoms with E-state index in [0.29, 0.717) is 0 Å². The van der Waals surface area contributed by atoms with Gasteiger partial charge in [0.05, 0.1) is 10.0 Å². The van der Waals surface area contributed by atoms with Gasteiger partial charge in [-0.05, 0) is 11.1 Å². The Morgan fingerprint density at radius 1 is 0.500 bits per heavy atom. The molecule has 106 valence electrons. The Morgan fingerprint density at radius 2 is 1.09 bits per heavy atom. The van der Waals surface area contributed by atoms with Crippen LogP contribution < -0.4 is 0 Å². The lowest BCUT2D eigenvalue weighted by molar-refractivity contribution is 1.66. The van der Waals surface area contributed by atoms with Crippen LogP contribution in [0.25, 0.3) is 32.7 Å². The van der Waals surface area contributed by atoms with E-state index in [9.17, 15) is 0 Å². The SMILES string of the molecule is Clc1c2ccccc2c(Cl)c2c(-c3ccccc3)cccc12. The van der Waals surface area contributed by atoms with Crippen molar-refractivity contribution in [2.45, 2.75) is 0 Å². The molecule has 2 heteroatoms. The summed E-state index contributed by atoms with van der Waals surface area (Å²) in [5.74, 6) is 0. The second kappa shape index (κ2) is 5.31. The molecule has 0 nitrogen and oxygen atoms in total. The number of rotatable bonds is 1. The van der Waals surface area contributed by atoms with Gasteiger partial charge in [0, 0.05) is 21.5 Å². The van der Waals surface area contributed by atoms with Gasteiger partial charge in [-0.3, -0.25) is 0 Å². The van der Waals surface area contributed by atoms with Gasteiger partial charge < -0.3 is 0 Å². The first-order valence-electron chi connectivity index (χ1n) is 7.11. The summed E-state index contributed by atoms with van der Waals surface area (Å²) in [6.45, 7) is 0. The van der Waals surface area contributed by atoms with Gasteiger partial charge in [0.1, 0.15) is 0 Å². The third kappa shape index (κ3) is 1.99. The summed E-state index contributed by atoms with van der Waals surface area (Å²) in [6, 6.07) is 24.4.